The molecule has 3 nitrogen and oxygen atoms in total. The predicted octanol–water partition coefficient (Wildman–Crippen LogP) is 1.78. The molecular weight excluding hydrogens is 202 g/mol. The topological polar surface area (TPSA) is 40.5 Å². The van der Waals surface area contributed by atoms with E-state index in [2.05, 4.69) is 4.90 Å². The Morgan fingerprint density at radius 2 is 2.29 bits per heavy atom. The van der Waals surface area contributed by atoms with E-state index in [1.807, 2.05) is 13.8 Å². The average molecular weight is 218 g/mol. The number of halogens is 1. The molecule has 1 saturated heterocycles. The Hall–Kier alpha value is -0.540. The van der Waals surface area contributed by atoms with Gasteiger partial charge in [0.05, 0.1) is 5.92 Å². The number of carboxylic acids is 1. The van der Waals surface area contributed by atoms with Gasteiger partial charge in [0.2, 0.25) is 0 Å². The molecule has 2 unspecified atom stereocenters. The number of carboxylic acid groups (broad SMARTS) is 1. The zero-order valence-electron chi connectivity index (χ0n) is 8.53. The third kappa shape index (κ3) is 2.72. The molecule has 0 aromatic carbocycles. The lowest BCUT2D eigenvalue weighted by atomic mass is 9.99. The molecule has 4 heteroatoms. The minimum atomic E-state index is -0.687. The highest BCUT2D eigenvalue weighted by Crippen LogP contribution is 2.23. The average Bonchev–Trinajstić information content (AvgIpc) is 2.46. The van der Waals surface area contributed by atoms with Gasteiger partial charge in [-0.15, -0.1) is 0 Å². The van der Waals surface area contributed by atoms with E-state index in [4.69, 9.17) is 16.7 Å². The molecule has 0 aliphatic carbocycles. The molecule has 0 saturated carbocycles. The van der Waals surface area contributed by atoms with Crippen LogP contribution < -0.4 is 0 Å². The molecule has 0 spiro atoms. The highest BCUT2D eigenvalue weighted by molar-refractivity contribution is 6.25. The number of aliphatic carboxylic acids is 1. The molecule has 0 radical (unpaired) electrons. The molecule has 1 aliphatic heterocycles. The fraction of sp³-hybridized carbons (Fsp3) is 0.700. The molecule has 0 aromatic heterocycles. The Bertz CT molecular complexity index is 253. The minimum absolute atomic E-state index is 0.224. The highest BCUT2D eigenvalue weighted by atomic mass is 35.5. The highest BCUT2D eigenvalue weighted by Gasteiger charge is 2.34. The number of likely N-dealkylation sites (tertiary alicyclic amines) is 1. The van der Waals surface area contributed by atoms with Gasteiger partial charge in [-0.25, -0.2) is 0 Å². The number of carbonyl (C=O) groups is 1. The maximum Gasteiger partial charge on any atom is 0.308 e. The van der Waals surface area contributed by atoms with Crippen LogP contribution in [0.25, 0.3) is 0 Å². The largest absolute Gasteiger partial charge is 0.481 e. The smallest absolute Gasteiger partial charge is 0.308 e. The molecule has 80 valence electrons. The normalized spacial score (nSPS) is 29.5. The third-order valence-corrected chi connectivity index (χ3v) is 3.04. The lowest BCUT2D eigenvalue weighted by Crippen LogP contribution is -2.24. The number of rotatable bonds is 3. The first-order valence-electron chi connectivity index (χ1n) is 4.75. The Morgan fingerprint density at radius 3 is 2.71 bits per heavy atom. The van der Waals surface area contributed by atoms with E-state index < -0.39 is 5.97 Å². The van der Waals surface area contributed by atoms with Gasteiger partial charge in [0.15, 0.2) is 0 Å². The SMILES string of the molecule is C/C(=C\Cl)CN1CC(C)C(C(=O)O)C1. The summed E-state index contributed by atoms with van der Waals surface area (Å²) in [6.45, 7) is 6.19. The maximum atomic E-state index is 10.8. The molecule has 1 heterocycles. The molecule has 0 amide bonds. The van der Waals surface area contributed by atoms with Crippen LogP contribution in [0, 0.1) is 11.8 Å². The molecule has 1 N–H and O–H groups in total. The van der Waals surface area contributed by atoms with Gasteiger partial charge in [-0.1, -0.05) is 18.5 Å². The monoisotopic (exact) mass is 217 g/mol. The summed E-state index contributed by atoms with van der Waals surface area (Å²) >= 11 is 5.56. The van der Waals surface area contributed by atoms with Crippen LogP contribution >= 0.6 is 11.6 Å². The van der Waals surface area contributed by atoms with E-state index in [9.17, 15) is 4.79 Å². The van der Waals surface area contributed by atoms with Crippen LogP contribution in [0.5, 0.6) is 0 Å². The van der Waals surface area contributed by atoms with Gasteiger partial charge < -0.3 is 5.11 Å². The first kappa shape index (κ1) is 11.5. The Labute approximate surface area is 89.3 Å². The molecule has 1 fully saturated rings. The number of hydrogen-bond donors (Lipinski definition) is 1. The van der Waals surface area contributed by atoms with Gasteiger partial charge in [-0.05, 0) is 18.4 Å². The van der Waals surface area contributed by atoms with Gasteiger partial charge in [0.1, 0.15) is 0 Å². The molecule has 2 atom stereocenters. The van der Waals surface area contributed by atoms with Crippen molar-refractivity contribution >= 4 is 17.6 Å². The van der Waals surface area contributed by atoms with E-state index in [0.717, 1.165) is 18.7 Å². The summed E-state index contributed by atoms with van der Waals surface area (Å²) in [5.41, 5.74) is 2.63. The number of nitrogens with zero attached hydrogens (tertiary/aromatic N) is 1. The summed E-state index contributed by atoms with van der Waals surface area (Å²) in [6.07, 6.45) is 0. The summed E-state index contributed by atoms with van der Waals surface area (Å²) in [5, 5.41) is 8.93. The lowest BCUT2D eigenvalue weighted by molar-refractivity contribution is -0.142. The first-order chi connectivity index (χ1) is 6.54. The fourth-order valence-corrected chi connectivity index (χ4v) is 1.97. The molecule has 0 aromatic rings. The van der Waals surface area contributed by atoms with Crippen molar-refractivity contribution in [3.63, 3.8) is 0 Å². The van der Waals surface area contributed by atoms with Crippen molar-refractivity contribution in [1.29, 1.82) is 0 Å². The zero-order valence-corrected chi connectivity index (χ0v) is 9.29. The van der Waals surface area contributed by atoms with Crippen molar-refractivity contribution in [1.82, 2.24) is 4.90 Å². The van der Waals surface area contributed by atoms with Crippen molar-refractivity contribution in [2.24, 2.45) is 11.8 Å². The van der Waals surface area contributed by atoms with Gasteiger partial charge in [0, 0.05) is 25.2 Å². The van der Waals surface area contributed by atoms with E-state index in [1.165, 1.54) is 0 Å². The van der Waals surface area contributed by atoms with Crippen LogP contribution in [0.3, 0.4) is 0 Å². The third-order valence-electron chi connectivity index (χ3n) is 2.66. The Morgan fingerprint density at radius 1 is 1.64 bits per heavy atom. The van der Waals surface area contributed by atoms with E-state index in [-0.39, 0.29) is 11.8 Å². The summed E-state index contributed by atoms with van der Waals surface area (Å²) in [5.74, 6) is -0.679. The molecule has 1 rings (SSSR count). The number of hydrogen-bond acceptors (Lipinski definition) is 2. The zero-order chi connectivity index (χ0) is 10.7. The Balaban J connectivity index is 2.51. The van der Waals surface area contributed by atoms with Crippen LogP contribution in [0.1, 0.15) is 13.8 Å². The second-order valence-electron chi connectivity index (χ2n) is 4.07. The van der Waals surface area contributed by atoms with Crippen LogP contribution in [0.15, 0.2) is 11.1 Å². The van der Waals surface area contributed by atoms with Crippen molar-refractivity contribution < 1.29 is 9.90 Å². The van der Waals surface area contributed by atoms with E-state index >= 15 is 0 Å². The first-order valence-corrected chi connectivity index (χ1v) is 5.19. The summed E-state index contributed by atoms with van der Waals surface area (Å²) in [6, 6.07) is 0. The van der Waals surface area contributed by atoms with Crippen LogP contribution in [-0.4, -0.2) is 35.6 Å². The summed E-state index contributed by atoms with van der Waals surface area (Å²) < 4.78 is 0. The summed E-state index contributed by atoms with van der Waals surface area (Å²) in [7, 11) is 0. The van der Waals surface area contributed by atoms with Gasteiger partial charge in [-0.2, -0.15) is 0 Å². The van der Waals surface area contributed by atoms with Crippen LogP contribution in [-0.2, 0) is 4.79 Å². The van der Waals surface area contributed by atoms with E-state index in [1.54, 1.807) is 5.54 Å². The van der Waals surface area contributed by atoms with Crippen molar-refractivity contribution in [2.45, 2.75) is 13.8 Å². The van der Waals surface area contributed by atoms with Gasteiger partial charge in [-0.3, -0.25) is 9.69 Å². The molecule has 0 bridgehead atoms. The molecule has 1 aliphatic rings. The second-order valence-corrected chi connectivity index (χ2v) is 4.29. The maximum absolute atomic E-state index is 10.8. The van der Waals surface area contributed by atoms with Crippen molar-refractivity contribution in [3.05, 3.63) is 11.1 Å². The van der Waals surface area contributed by atoms with Crippen LogP contribution in [0.2, 0.25) is 0 Å². The molecule has 14 heavy (non-hydrogen) atoms. The van der Waals surface area contributed by atoms with E-state index in [0.29, 0.717) is 6.54 Å². The standard InChI is InChI=1S/C10H16ClNO2/c1-7(3-11)4-12-5-8(2)9(6-12)10(13)14/h3,8-9H,4-6H2,1-2H3,(H,13,14)/b7-3+. The van der Waals surface area contributed by atoms with Crippen LogP contribution in [0.4, 0.5) is 0 Å². The second kappa shape index (κ2) is 4.80. The summed E-state index contributed by atoms with van der Waals surface area (Å²) in [4.78, 5) is 13.0. The fourth-order valence-electron chi connectivity index (χ4n) is 1.90. The van der Waals surface area contributed by atoms with Gasteiger partial charge >= 0.3 is 5.97 Å². The quantitative estimate of drug-likeness (QED) is 0.784. The lowest BCUT2D eigenvalue weighted by Gasteiger charge is -2.14. The predicted molar refractivity (Wildman–Crippen MR) is 56.3 cm³/mol. The Kier molecular flexibility index (Phi) is 3.96. The van der Waals surface area contributed by atoms with Gasteiger partial charge in [0.25, 0.3) is 0 Å². The van der Waals surface area contributed by atoms with Crippen molar-refractivity contribution in [2.75, 3.05) is 19.6 Å². The van der Waals surface area contributed by atoms with Crippen molar-refractivity contribution in [3.8, 4) is 0 Å². The minimum Gasteiger partial charge on any atom is -0.481 e. The molecular formula is C10H16ClNO2.